The van der Waals surface area contributed by atoms with Gasteiger partial charge in [-0.1, -0.05) is 37.3 Å². The fraction of sp³-hybridized carbons (Fsp3) is 0.444. The minimum atomic E-state index is 0.0517. The monoisotopic (exact) mass is 295 g/mol. The van der Waals surface area contributed by atoms with E-state index in [9.17, 15) is 0 Å². The second kappa shape index (κ2) is 5.45. The Morgan fingerprint density at radius 3 is 2.91 bits per heavy atom. The second-order valence-electron chi connectivity index (χ2n) is 6.33. The Balaban J connectivity index is 1.77. The molecule has 114 valence electrons. The van der Waals surface area contributed by atoms with E-state index >= 15 is 0 Å². The van der Waals surface area contributed by atoms with Gasteiger partial charge in [-0.05, 0) is 19.5 Å². The van der Waals surface area contributed by atoms with Crippen LogP contribution in [0.15, 0.2) is 36.5 Å². The van der Waals surface area contributed by atoms with Crippen LogP contribution in [0, 0.1) is 0 Å². The molecule has 4 rings (SSSR count). The van der Waals surface area contributed by atoms with Crippen molar-refractivity contribution in [1.29, 1.82) is 0 Å². The lowest BCUT2D eigenvalue weighted by atomic mass is 9.80. The Bertz CT molecular complexity index is 673. The SMILES string of the molecule is CCN1CCC2(COCc3cnc(-c4ccccc4)nc32)C1. The zero-order chi connectivity index (χ0) is 15.0. The van der Waals surface area contributed by atoms with Crippen molar-refractivity contribution in [2.75, 3.05) is 26.2 Å². The Kier molecular flexibility index (Phi) is 3.43. The van der Waals surface area contributed by atoms with Crippen LogP contribution in [-0.2, 0) is 16.8 Å². The van der Waals surface area contributed by atoms with Crippen LogP contribution in [0.4, 0.5) is 0 Å². The van der Waals surface area contributed by atoms with Gasteiger partial charge >= 0.3 is 0 Å². The van der Waals surface area contributed by atoms with Crippen LogP contribution < -0.4 is 0 Å². The molecule has 4 nitrogen and oxygen atoms in total. The maximum absolute atomic E-state index is 5.87. The number of aromatic nitrogens is 2. The summed E-state index contributed by atoms with van der Waals surface area (Å²) < 4.78 is 5.87. The molecule has 1 fully saturated rings. The largest absolute Gasteiger partial charge is 0.376 e. The van der Waals surface area contributed by atoms with Gasteiger partial charge in [0.05, 0.1) is 24.3 Å². The Morgan fingerprint density at radius 2 is 2.14 bits per heavy atom. The minimum absolute atomic E-state index is 0.0517. The fourth-order valence-electron chi connectivity index (χ4n) is 3.66. The molecule has 2 aliphatic heterocycles. The van der Waals surface area contributed by atoms with Crippen molar-refractivity contribution in [1.82, 2.24) is 14.9 Å². The molecule has 0 saturated carbocycles. The van der Waals surface area contributed by atoms with Crippen LogP contribution in [0.1, 0.15) is 24.6 Å². The molecule has 0 bridgehead atoms. The lowest BCUT2D eigenvalue weighted by molar-refractivity contribution is 0.0508. The van der Waals surface area contributed by atoms with E-state index in [1.54, 1.807) is 0 Å². The Hall–Kier alpha value is -1.78. The third-order valence-electron chi connectivity index (χ3n) is 4.91. The zero-order valence-corrected chi connectivity index (χ0v) is 13.0. The smallest absolute Gasteiger partial charge is 0.159 e. The summed E-state index contributed by atoms with van der Waals surface area (Å²) in [5, 5.41) is 0. The number of hydrogen-bond donors (Lipinski definition) is 0. The number of likely N-dealkylation sites (tertiary alicyclic amines) is 1. The van der Waals surface area contributed by atoms with E-state index in [1.807, 2.05) is 24.4 Å². The lowest BCUT2D eigenvalue weighted by Gasteiger charge is -2.34. The highest BCUT2D eigenvalue weighted by Crippen LogP contribution is 2.39. The summed E-state index contributed by atoms with van der Waals surface area (Å²) in [6, 6.07) is 10.2. The maximum Gasteiger partial charge on any atom is 0.159 e. The van der Waals surface area contributed by atoms with Gasteiger partial charge < -0.3 is 9.64 Å². The molecule has 1 spiro atoms. The van der Waals surface area contributed by atoms with Gasteiger partial charge in [-0.25, -0.2) is 9.97 Å². The molecule has 3 heterocycles. The first-order chi connectivity index (χ1) is 10.8. The van der Waals surface area contributed by atoms with Gasteiger partial charge in [0.2, 0.25) is 0 Å². The van der Waals surface area contributed by atoms with Crippen LogP contribution in [0.3, 0.4) is 0 Å². The van der Waals surface area contributed by atoms with Crippen LogP contribution in [0.2, 0.25) is 0 Å². The van der Waals surface area contributed by atoms with Crippen molar-refractivity contribution < 1.29 is 4.74 Å². The quantitative estimate of drug-likeness (QED) is 0.853. The molecule has 2 aliphatic rings. The van der Waals surface area contributed by atoms with Gasteiger partial charge in [0.1, 0.15) is 0 Å². The van der Waals surface area contributed by atoms with Crippen LogP contribution >= 0.6 is 0 Å². The molecule has 1 unspecified atom stereocenters. The molecule has 0 aliphatic carbocycles. The van der Waals surface area contributed by atoms with Crippen molar-refractivity contribution >= 4 is 0 Å². The molecular formula is C18H21N3O. The summed E-state index contributed by atoms with van der Waals surface area (Å²) >= 11 is 0. The highest BCUT2D eigenvalue weighted by Gasteiger charge is 2.44. The van der Waals surface area contributed by atoms with Gasteiger partial charge in [0, 0.05) is 23.9 Å². The topological polar surface area (TPSA) is 38.2 Å². The van der Waals surface area contributed by atoms with Crippen molar-refractivity contribution in [2.45, 2.75) is 25.4 Å². The molecule has 0 N–H and O–H groups in total. The Labute approximate surface area is 131 Å². The highest BCUT2D eigenvalue weighted by atomic mass is 16.5. The fourth-order valence-corrected chi connectivity index (χ4v) is 3.66. The second-order valence-corrected chi connectivity index (χ2v) is 6.33. The number of likely N-dealkylation sites (N-methyl/N-ethyl adjacent to an activating group) is 1. The number of rotatable bonds is 2. The molecule has 2 aromatic rings. The van der Waals surface area contributed by atoms with Gasteiger partial charge in [-0.2, -0.15) is 0 Å². The number of ether oxygens (including phenoxy) is 1. The summed E-state index contributed by atoms with van der Waals surface area (Å²) in [4.78, 5) is 12.0. The van der Waals surface area contributed by atoms with Crippen molar-refractivity contribution in [3.8, 4) is 11.4 Å². The standard InChI is InChI=1S/C18H21N3O/c1-2-21-9-8-18(12-21)13-22-11-15-10-19-17(20-16(15)18)14-6-4-3-5-7-14/h3-7,10H,2,8-9,11-13H2,1H3. The van der Waals surface area contributed by atoms with Gasteiger partial charge in [-0.3, -0.25) is 0 Å². The maximum atomic E-state index is 5.87. The molecule has 1 aromatic heterocycles. The van der Waals surface area contributed by atoms with Crippen LogP contribution in [0.25, 0.3) is 11.4 Å². The van der Waals surface area contributed by atoms with E-state index in [1.165, 1.54) is 5.69 Å². The predicted octanol–water partition coefficient (Wildman–Crippen LogP) is 2.64. The molecule has 1 aromatic carbocycles. The molecule has 4 heteroatoms. The number of hydrogen-bond acceptors (Lipinski definition) is 4. The molecule has 1 atom stereocenters. The first kappa shape index (κ1) is 13.9. The van der Waals surface area contributed by atoms with Crippen LogP contribution in [-0.4, -0.2) is 41.1 Å². The van der Waals surface area contributed by atoms with Crippen LogP contribution in [0.5, 0.6) is 0 Å². The minimum Gasteiger partial charge on any atom is -0.376 e. The van der Waals surface area contributed by atoms with Gasteiger partial charge in [0.25, 0.3) is 0 Å². The van der Waals surface area contributed by atoms with Crippen molar-refractivity contribution in [3.63, 3.8) is 0 Å². The summed E-state index contributed by atoms with van der Waals surface area (Å²) in [6.45, 7) is 6.90. The number of benzene rings is 1. The third kappa shape index (κ3) is 2.23. The molecular weight excluding hydrogens is 274 g/mol. The summed E-state index contributed by atoms with van der Waals surface area (Å²) in [5.74, 6) is 0.829. The number of nitrogens with zero attached hydrogens (tertiary/aromatic N) is 3. The van der Waals surface area contributed by atoms with E-state index in [4.69, 9.17) is 9.72 Å². The Morgan fingerprint density at radius 1 is 1.27 bits per heavy atom. The first-order valence-corrected chi connectivity index (χ1v) is 8.03. The predicted molar refractivity (Wildman–Crippen MR) is 85.5 cm³/mol. The molecule has 0 amide bonds. The van der Waals surface area contributed by atoms with E-state index in [-0.39, 0.29) is 5.41 Å². The van der Waals surface area contributed by atoms with Gasteiger partial charge in [-0.15, -0.1) is 0 Å². The van der Waals surface area contributed by atoms with E-state index < -0.39 is 0 Å². The third-order valence-corrected chi connectivity index (χ3v) is 4.91. The summed E-state index contributed by atoms with van der Waals surface area (Å²) in [7, 11) is 0. The zero-order valence-electron chi connectivity index (χ0n) is 13.0. The average Bonchev–Trinajstić information content (AvgIpc) is 3.00. The molecule has 0 radical (unpaired) electrons. The van der Waals surface area contributed by atoms with E-state index in [0.717, 1.165) is 49.6 Å². The highest BCUT2D eigenvalue weighted by molar-refractivity contribution is 5.55. The summed E-state index contributed by atoms with van der Waals surface area (Å²) in [5.41, 5.74) is 3.50. The molecule has 1 saturated heterocycles. The van der Waals surface area contributed by atoms with E-state index in [2.05, 4.69) is 28.9 Å². The number of fused-ring (bicyclic) bond motifs is 2. The van der Waals surface area contributed by atoms with Crippen molar-refractivity contribution in [3.05, 3.63) is 47.8 Å². The summed E-state index contributed by atoms with van der Waals surface area (Å²) in [6.07, 6.45) is 3.08. The normalized spacial score (nSPS) is 24.6. The van der Waals surface area contributed by atoms with Gasteiger partial charge in [0.15, 0.2) is 5.82 Å². The average molecular weight is 295 g/mol. The van der Waals surface area contributed by atoms with Crippen molar-refractivity contribution in [2.24, 2.45) is 0 Å². The van der Waals surface area contributed by atoms with E-state index in [0.29, 0.717) is 6.61 Å². The molecule has 22 heavy (non-hydrogen) atoms. The lowest BCUT2D eigenvalue weighted by Crippen LogP contribution is -2.40. The first-order valence-electron chi connectivity index (χ1n) is 8.03.